The minimum absolute atomic E-state index is 0.804. The SMILES string of the molecule is CCC(C)SSC1CCOCC1. The molecule has 0 saturated carbocycles. The van der Waals surface area contributed by atoms with E-state index in [9.17, 15) is 0 Å². The normalized spacial score (nSPS) is 22.5. The first-order valence-corrected chi connectivity index (χ1v) is 7.00. The topological polar surface area (TPSA) is 9.23 Å². The summed E-state index contributed by atoms with van der Waals surface area (Å²) in [4.78, 5) is 0. The van der Waals surface area contributed by atoms with Gasteiger partial charge in [-0.15, -0.1) is 0 Å². The van der Waals surface area contributed by atoms with Gasteiger partial charge in [0.15, 0.2) is 0 Å². The van der Waals surface area contributed by atoms with Crippen LogP contribution in [0, 0.1) is 0 Å². The van der Waals surface area contributed by atoms with Crippen molar-refractivity contribution in [2.24, 2.45) is 0 Å². The average molecular weight is 206 g/mol. The molecular formula is C9H18OS2. The van der Waals surface area contributed by atoms with Crippen LogP contribution in [0.1, 0.15) is 33.1 Å². The lowest BCUT2D eigenvalue weighted by molar-refractivity contribution is 0.100. The Morgan fingerprint density at radius 3 is 2.67 bits per heavy atom. The molecule has 0 spiro atoms. The van der Waals surface area contributed by atoms with Crippen LogP contribution in [0.15, 0.2) is 0 Å². The summed E-state index contributed by atoms with van der Waals surface area (Å²) in [5, 5.41) is 1.65. The van der Waals surface area contributed by atoms with E-state index in [4.69, 9.17) is 4.74 Å². The molecule has 0 radical (unpaired) electrons. The standard InChI is InChI=1S/C9H18OS2/c1-3-8(2)11-12-9-4-6-10-7-5-9/h8-9H,3-7H2,1-2H3. The Morgan fingerprint density at radius 2 is 2.08 bits per heavy atom. The van der Waals surface area contributed by atoms with Crippen molar-refractivity contribution in [2.45, 2.75) is 43.6 Å². The summed E-state index contributed by atoms with van der Waals surface area (Å²) in [5.74, 6) is 0. The Morgan fingerprint density at radius 1 is 1.42 bits per heavy atom. The highest BCUT2D eigenvalue weighted by Crippen LogP contribution is 2.36. The lowest BCUT2D eigenvalue weighted by Gasteiger charge is -2.21. The van der Waals surface area contributed by atoms with Crippen LogP contribution in [-0.2, 0) is 4.74 Å². The lowest BCUT2D eigenvalue weighted by Crippen LogP contribution is -2.16. The molecule has 1 aliphatic heterocycles. The maximum atomic E-state index is 5.31. The van der Waals surface area contributed by atoms with Crippen LogP contribution in [-0.4, -0.2) is 23.7 Å². The van der Waals surface area contributed by atoms with E-state index in [1.54, 1.807) is 0 Å². The van der Waals surface area contributed by atoms with Gasteiger partial charge in [-0.2, -0.15) is 0 Å². The molecular weight excluding hydrogens is 188 g/mol. The molecule has 1 atom stereocenters. The number of hydrogen-bond donors (Lipinski definition) is 0. The molecule has 0 aromatic rings. The summed E-state index contributed by atoms with van der Waals surface area (Å²) in [6.45, 7) is 6.50. The summed E-state index contributed by atoms with van der Waals surface area (Å²) >= 11 is 0. The summed E-state index contributed by atoms with van der Waals surface area (Å²) in [6.07, 6.45) is 3.77. The van der Waals surface area contributed by atoms with Gasteiger partial charge in [-0.05, 0) is 19.3 Å². The van der Waals surface area contributed by atoms with Crippen molar-refractivity contribution >= 4 is 21.6 Å². The summed E-state index contributed by atoms with van der Waals surface area (Å²) in [7, 11) is 4.11. The van der Waals surface area contributed by atoms with Crippen molar-refractivity contribution < 1.29 is 4.74 Å². The first kappa shape index (κ1) is 10.7. The Bertz CT molecular complexity index is 113. The fraction of sp³-hybridized carbons (Fsp3) is 1.00. The first-order valence-electron chi connectivity index (χ1n) is 4.72. The zero-order chi connectivity index (χ0) is 8.81. The molecule has 0 N–H and O–H groups in total. The molecule has 1 fully saturated rings. The van der Waals surface area contributed by atoms with Gasteiger partial charge in [0.05, 0.1) is 0 Å². The summed E-state index contributed by atoms with van der Waals surface area (Å²) < 4.78 is 5.31. The zero-order valence-electron chi connectivity index (χ0n) is 7.91. The molecule has 0 aromatic carbocycles. The molecule has 1 saturated heterocycles. The third kappa shape index (κ3) is 4.06. The molecule has 72 valence electrons. The lowest BCUT2D eigenvalue weighted by atomic mass is 10.2. The van der Waals surface area contributed by atoms with E-state index >= 15 is 0 Å². The number of hydrogen-bond acceptors (Lipinski definition) is 3. The van der Waals surface area contributed by atoms with Crippen LogP contribution in [0.4, 0.5) is 0 Å². The quantitative estimate of drug-likeness (QED) is 0.653. The highest BCUT2D eigenvalue weighted by molar-refractivity contribution is 8.77. The van der Waals surface area contributed by atoms with Gasteiger partial charge in [-0.3, -0.25) is 0 Å². The molecule has 1 unspecified atom stereocenters. The molecule has 3 heteroatoms. The third-order valence-electron chi connectivity index (χ3n) is 2.10. The van der Waals surface area contributed by atoms with Crippen LogP contribution < -0.4 is 0 Å². The zero-order valence-corrected chi connectivity index (χ0v) is 9.55. The van der Waals surface area contributed by atoms with Crippen molar-refractivity contribution in [3.05, 3.63) is 0 Å². The monoisotopic (exact) mass is 206 g/mol. The van der Waals surface area contributed by atoms with Crippen LogP contribution >= 0.6 is 21.6 Å². The molecule has 0 aromatic heterocycles. The van der Waals surface area contributed by atoms with Gasteiger partial charge in [0.25, 0.3) is 0 Å². The van der Waals surface area contributed by atoms with Crippen LogP contribution in [0.3, 0.4) is 0 Å². The van der Waals surface area contributed by atoms with Crippen molar-refractivity contribution in [1.29, 1.82) is 0 Å². The molecule has 1 rings (SSSR count). The summed E-state index contributed by atoms with van der Waals surface area (Å²) in [5.41, 5.74) is 0. The van der Waals surface area contributed by atoms with Crippen molar-refractivity contribution in [3.8, 4) is 0 Å². The molecule has 0 bridgehead atoms. The fourth-order valence-corrected chi connectivity index (χ4v) is 3.91. The van der Waals surface area contributed by atoms with E-state index < -0.39 is 0 Å². The Kier molecular flexibility index (Phi) is 5.52. The number of ether oxygens (including phenoxy) is 1. The van der Waals surface area contributed by atoms with Gasteiger partial charge in [0, 0.05) is 23.7 Å². The van der Waals surface area contributed by atoms with E-state index in [1.807, 2.05) is 10.8 Å². The van der Waals surface area contributed by atoms with Gasteiger partial charge in [-0.1, -0.05) is 35.4 Å². The van der Waals surface area contributed by atoms with Crippen LogP contribution in [0.25, 0.3) is 0 Å². The van der Waals surface area contributed by atoms with E-state index in [2.05, 4.69) is 24.6 Å². The number of rotatable bonds is 4. The molecule has 1 aliphatic rings. The van der Waals surface area contributed by atoms with Crippen molar-refractivity contribution in [3.63, 3.8) is 0 Å². The van der Waals surface area contributed by atoms with Gasteiger partial charge < -0.3 is 4.74 Å². The Balaban J connectivity index is 2.05. The van der Waals surface area contributed by atoms with E-state index in [-0.39, 0.29) is 0 Å². The third-order valence-corrected chi connectivity index (χ3v) is 5.75. The average Bonchev–Trinajstić information content (AvgIpc) is 2.16. The van der Waals surface area contributed by atoms with Crippen LogP contribution in [0.5, 0.6) is 0 Å². The fourth-order valence-electron chi connectivity index (χ4n) is 1.01. The molecule has 0 amide bonds. The van der Waals surface area contributed by atoms with Crippen LogP contribution in [0.2, 0.25) is 0 Å². The highest BCUT2D eigenvalue weighted by Gasteiger charge is 2.15. The van der Waals surface area contributed by atoms with E-state index in [0.717, 1.165) is 23.7 Å². The maximum absolute atomic E-state index is 5.31. The molecule has 12 heavy (non-hydrogen) atoms. The molecule has 0 aliphatic carbocycles. The second-order valence-corrected chi connectivity index (χ2v) is 6.23. The van der Waals surface area contributed by atoms with Crippen molar-refractivity contribution in [2.75, 3.05) is 13.2 Å². The van der Waals surface area contributed by atoms with Gasteiger partial charge in [0.1, 0.15) is 0 Å². The second-order valence-electron chi connectivity index (χ2n) is 3.22. The Labute approximate surface area is 83.4 Å². The molecule has 1 heterocycles. The first-order chi connectivity index (χ1) is 5.83. The highest BCUT2D eigenvalue weighted by atomic mass is 33.1. The Hall–Kier alpha value is 0.660. The van der Waals surface area contributed by atoms with E-state index in [1.165, 1.54) is 19.3 Å². The van der Waals surface area contributed by atoms with Crippen molar-refractivity contribution in [1.82, 2.24) is 0 Å². The summed E-state index contributed by atoms with van der Waals surface area (Å²) in [6, 6.07) is 0. The maximum Gasteiger partial charge on any atom is 0.0476 e. The van der Waals surface area contributed by atoms with Gasteiger partial charge in [0.2, 0.25) is 0 Å². The van der Waals surface area contributed by atoms with E-state index in [0.29, 0.717) is 0 Å². The molecule has 1 nitrogen and oxygen atoms in total. The largest absolute Gasteiger partial charge is 0.381 e. The minimum Gasteiger partial charge on any atom is -0.381 e. The van der Waals surface area contributed by atoms with Gasteiger partial charge >= 0.3 is 0 Å². The van der Waals surface area contributed by atoms with Gasteiger partial charge in [-0.25, -0.2) is 0 Å². The minimum atomic E-state index is 0.804. The smallest absolute Gasteiger partial charge is 0.0476 e. The predicted octanol–water partition coefficient (Wildman–Crippen LogP) is 3.35. The second kappa shape index (κ2) is 6.17. The predicted molar refractivity (Wildman–Crippen MR) is 58.8 cm³/mol.